The van der Waals surface area contributed by atoms with Gasteiger partial charge in [-0.25, -0.2) is 4.79 Å². The van der Waals surface area contributed by atoms with Gasteiger partial charge >= 0.3 is 6.03 Å². The Morgan fingerprint density at radius 1 is 1.55 bits per heavy atom. The number of imide groups is 1. The highest BCUT2D eigenvalue weighted by atomic mass is 32.6. The average molecular weight is 347 g/mol. The fraction of sp³-hybridized carbons (Fsp3) is 0.364. The van der Waals surface area contributed by atoms with Crippen molar-refractivity contribution in [3.8, 4) is 0 Å². The SMILES string of the molecule is CCCN1C(=O)NCc2nccc(P(P)PP)c2C1=O. The molecule has 1 aliphatic rings. The molecule has 5 nitrogen and oxygen atoms in total. The summed E-state index contributed by atoms with van der Waals surface area (Å²) in [4.78, 5) is 30.3. The third-order valence-electron chi connectivity index (χ3n) is 2.96. The number of aromatic nitrogens is 1. The van der Waals surface area contributed by atoms with Gasteiger partial charge in [0.1, 0.15) is 0 Å². The van der Waals surface area contributed by atoms with Gasteiger partial charge in [0, 0.05) is 18.0 Å². The zero-order valence-corrected chi connectivity index (χ0v) is 15.3. The molecule has 1 aromatic heterocycles. The minimum Gasteiger partial charge on any atom is -0.332 e. The Morgan fingerprint density at radius 3 is 2.95 bits per heavy atom. The molecule has 1 aliphatic heterocycles. The second kappa shape index (κ2) is 7.19. The van der Waals surface area contributed by atoms with Gasteiger partial charge in [-0.05, 0) is 19.8 Å². The van der Waals surface area contributed by atoms with Crippen LogP contribution in [0.2, 0.25) is 0 Å². The minimum absolute atomic E-state index is 0.224. The number of hydrogen-bond donors (Lipinski definition) is 1. The third kappa shape index (κ3) is 3.18. The third-order valence-corrected chi connectivity index (χ3v) is 13.1. The van der Waals surface area contributed by atoms with E-state index in [9.17, 15) is 9.59 Å². The number of nitrogens with zero attached hydrogens (tertiary/aromatic N) is 2. The monoisotopic (exact) mass is 347 g/mol. The van der Waals surface area contributed by atoms with Crippen molar-refractivity contribution < 1.29 is 9.59 Å². The molecule has 0 bridgehead atoms. The number of nitrogens with one attached hydrogen (secondary N) is 1. The molecule has 2 rings (SSSR count). The predicted octanol–water partition coefficient (Wildman–Crippen LogP) is 2.44. The Bertz CT molecular complexity index is 540. The molecule has 1 N–H and O–H groups in total. The number of urea groups is 1. The Labute approximate surface area is 125 Å². The van der Waals surface area contributed by atoms with Crippen LogP contribution in [0.25, 0.3) is 0 Å². The molecular formula is C11H17N3O2P4. The van der Waals surface area contributed by atoms with Gasteiger partial charge in [0.05, 0.1) is 17.8 Å². The first-order valence-corrected chi connectivity index (χ1v) is 12.8. The first-order valence-electron chi connectivity index (χ1n) is 6.18. The Balaban J connectivity index is 2.52. The zero-order valence-electron chi connectivity index (χ0n) is 11.1. The van der Waals surface area contributed by atoms with Crippen LogP contribution in [0.15, 0.2) is 12.3 Å². The van der Waals surface area contributed by atoms with E-state index < -0.39 is 7.30 Å². The molecule has 0 aliphatic carbocycles. The summed E-state index contributed by atoms with van der Waals surface area (Å²) in [6.07, 6.45) is 2.46. The van der Waals surface area contributed by atoms with Gasteiger partial charge in [0.15, 0.2) is 0 Å². The smallest absolute Gasteiger partial charge is 0.324 e. The van der Waals surface area contributed by atoms with Crippen molar-refractivity contribution in [3.05, 3.63) is 23.5 Å². The molecule has 0 radical (unpaired) electrons. The first-order chi connectivity index (χ1) is 9.60. The molecule has 1 aromatic rings. The van der Waals surface area contributed by atoms with Crippen molar-refractivity contribution in [1.29, 1.82) is 0 Å². The van der Waals surface area contributed by atoms with E-state index in [2.05, 4.69) is 28.2 Å². The van der Waals surface area contributed by atoms with Crippen LogP contribution in [0.1, 0.15) is 29.4 Å². The summed E-state index contributed by atoms with van der Waals surface area (Å²) in [5, 5.41) is 3.76. The molecule has 4 atom stereocenters. The standard InChI is InChI=1S/C11H17N3O2P4/c1-2-5-14-10(15)9-7(6-13-11(14)16)12-4-3-8(9)20(18)19-17/h3-4,19H,2,5-6,17-18H2,1H3,(H,13,16). The van der Waals surface area contributed by atoms with Crippen molar-refractivity contribution in [2.24, 2.45) is 0 Å². The van der Waals surface area contributed by atoms with Gasteiger partial charge in [0.25, 0.3) is 5.91 Å². The maximum Gasteiger partial charge on any atom is 0.324 e. The van der Waals surface area contributed by atoms with E-state index in [0.29, 0.717) is 32.3 Å². The minimum atomic E-state index is -0.488. The molecule has 0 fully saturated rings. The van der Waals surface area contributed by atoms with Crippen LogP contribution in [-0.4, -0.2) is 28.4 Å². The fourth-order valence-electron chi connectivity index (χ4n) is 2.04. The molecule has 0 saturated heterocycles. The number of carbonyl (C=O) groups excluding carboxylic acids is 2. The summed E-state index contributed by atoms with van der Waals surface area (Å²) < 4.78 is 0. The molecule has 4 unspecified atom stereocenters. The van der Waals surface area contributed by atoms with Crippen LogP contribution >= 0.6 is 33.1 Å². The topological polar surface area (TPSA) is 62.3 Å². The molecule has 0 aromatic carbocycles. The van der Waals surface area contributed by atoms with Crippen molar-refractivity contribution in [1.82, 2.24) is 15.2 Å². The molecule has 9 heteroatoms. The summed E-state index contributed by atoms with van der Waals surface area (Å²) in [5.41, 5.74) is 1.27. The maximum atomic E-state index is 12.7. The molecular weight excluding hydrogens is 330 g/mol. The molecule has 0 spiro atoms. The average Bonchev–Trinajstić information content (AvgIpc) is 2.58. The lowest BCUT2D eigenvalue weighted by atomic mass is 10.1. The van der Waals surface area contributed by atoms with Crippen molar-refractivity contribution in [2.75, 3.05) is 6.54 Å². The summed E-state index contributed by atoms with van der Waals surface area (Å²) in [7, 11) is 5.70. The Kier molecular flexibility index (Phi) is 5.82. The molecule has 108 valence electrons. The zero-order chi connectivity index (χ0) is 14.7. The van der Waals surface area contributed by atoms with Gasteiger partial charge in [-0.2, -0.15) is 0 Å². The number of carbonyl (C=O) groups is 2. The number of fused-ring (bicyclic) bond motifs is 1. The number of hydrogen-bond acceptors (Lipinski definition) is 3. The van der Waals surface area contributed by atoms with Crippen LogP contribution < -0.4 is 10.6 Å². The second-order valence-corrected chi connectivity index (χ2v) is 13.4. The lowest BCUT2D eigenvalue weighted by molar-refractivity contribution is 0.0807. The van der Waals surface area contributed by atoms with Gasteiger partial charge in [-0.1, -0.05) is 14.9 Å². The largest absolute Gasteiger partial charge is 0.332 e. The highest BCUT2D eigenvalue weighted by molar-refractivity contribution is 8.63. The van der Waals surface area contributed by atoms with Crippen LogP contribution in [0.5, 0.6) is 0 Å². The van der Waals surface area contributed by atoms with Gasteiger partial charge < -0.3 is 5.32 Å². The van der Waals surface area contributed by atoms with E-state index in [1.165, 1.54) is 4.90 Å². The van der Waals surface area contributed by atoms with Gasteiger partial charge in [-0.3, -0.25) is 14.7 Å². The second-order valence-electron chi connectivity index (χ2n) is 4.27. The highest BCUT2D eigenvalue weighted by Crippen LogP contribution is 2.65. The highest BCUT2D eigenvalue weighted by Gasteiger charge is 2.31. The van der Waals surface area contributed by atoms with Crippen LogP contribution in [0, 0.1) is 0 Å². The van der Waals surface area contributed by atoms with Crippen molar-refractivity contribution >= 4 is 50.4 Å². The number of amides is 3. The Morgan fingerprint density at radius 2 is 2.30 bits per heavy atom. The predicted molar refractivity (Wildman–Crippen MR) is 92.1 cm³/mol. The van der Waals surface area contributed by atoms with E-state index >= 15 is 0 Å². The lowest BCUT2D eigenvalue weighted by Gasteiger charge is -2.20. The summed E-state index contributed by atoms with van der Waals surface area (Å²) in [6, 6.07) is 1.56. The summed E-state index contributed by atoms with van der Waals surface area (Å²) in [5.74, 6) is -0.224. The normalized spacial score (nSPS) is 17.1. The molecule has 3 amide bonds. The maximum absolute atomic E-state index is 12.7. The molecule has 2 heterocycles. The lowest BCUT2D eigenvalue weighted by Crippen LogP contribution is -2.42. The fourth-order valence-corrected chi connectivity index (χ4v) is 5.75. The van der Waals surface area contributed by atoms with Crippen LogP contribution in [-0.2, 0) is 6.54 Å². The quantitative estimate of drug-likeness (QED) is 0.851. The van der Waals surface area contributed by atoms with E-state index in [-0.39, 0.29) is 11.9 Å². The van der Waals surface area contributed by atoms with Gasteiger partial charge in [0.2, 0.25) is 0 Å². The van der Waals surface area contributed by atoms with E-state index in [0.717, 1.165) is 11.7 Å². The van der Waals surface area contributed by atoms with E-state index in [4.69, 9.17) is 0 Å². The van der Waals surface area contributed by atoms with Crippen molar-refractivity contribution in [2.45, 2.75) is 19.9 Å². The van der Waals surface area contributed by atoms with Crippen LogP contribution in [0.3, 0.4) is 0 Å². The van der Waals surface area contributed by atoms with Crippen LogP contribution in [0.4, 0.5) is 4.79 Å². The number of rotatable bonds is 4. The van der Waals surface area contributed by atoms with Crippen molar-refractivity contribution in [3.63, 3.8) is 0 Å². The molecule has 0 saturated carbocycles. The molecule has 20 heavy (non-hydrogen) atoms. The number of pyridine rings is 1. The Hall–Kier alpha value is -0.190. The van der Waals surface area contributed by atoms with E-state index in [1.54, 1.807) is 6.20 Å². The summed E-state index contributed by atoms with van der Waals surface area (Å²) in [6.45, 7) is 2.68. The first kappa shape index (κ1) is 16.2. The summed E-state index contributed by atoms with van der Waals surface area (Å²) >= 11 is 0. The van der Waals surface area contributed by atoms with Gasteiger partial charge in [-0.15, -0.1) is 17.9 Å². The van der Waals surface area contributed by atoms with E-state index in [1.807, 2.05) is 13.0 Å².